The number of rotatable bonds is 7. The molecule has 0 aliphatic rings. The monoisotopic (exact) mass is 188 g/mol. The molecule has 0 rings (SSSR count). The fourth-order valence-corrected chi connectivity index (χ4v) is 1.71. The smallest absolute Gasteiger partial charge is 0.0630 e. The Morgan fingerprint density at radius 2 is 1.77 bits per heavy atom. The first kappa shape index (κ1) is 12.9. The fourth-order valence-electron chi connectivity index (χ4n) is 1.71. The molecule has 0 aromatic carbocycles. The zero-order valence-electron chi connectivity index (χ0n) is 9.42. The molecule has 0 bridgehead atoms. The Morgan fingerprint density at radius 1 is 1.23 bits per heavy atom. The van der Waals surface area contributed by atoms with Gasteiger partial charge in [-0.2, -0.15) is 0 Å². The molecule has 1 unspecified atom stereocenters. The Morgan fingerprint density at radius 3 is 2.08 bits per heavy atom. The van der Waals surface area contributed by atoms with E-state index in [0.29, 0.717) is 18.6 Å². The van der Waals surface area contributed by atoms with Gasteiger partial charge in [0.05, 0.1) is 6.61 Å². The van der Waals surface area contributed by atoms with Crippen molar-refractivity contribution >= 4 is 0 Å². The highest BCUT2D eigenvalue weighted by atomic mass is 16.5. The summed E-state index contributed by atoms with van der Waals surface area (Å²) in [7, 11) is 3.86. The molecule has 0 spiro atoms. The number of hydrogen-bond donors (Lipinski definition) is 1. The summed E-state index contributed by atoms with van der Waals surface area (Å²) in [5, 5.41) is 0. The third-order valence-electron chi connectivity index (χ3n) is 2.73. The van der Waals surface area contributed by atoms with Gasteiger partial charge in [-0.3, -0.25) is 4.90 Å². The van der Waals surface area contributed by atoms with E-state index in [0.717, 1.165) is 6.61 Å². The lowest BCUT2D eigenvalue weighted by Crippen LogP contribution is -2.46. The van der Waals surface area contributed by atoms with Crippen molar-refractivity contribution in [2.75, 3.05) is 27.3 Å². The molecule has 0 aliphatic heterocycles. The van der Waals surface area contributed by atoms with Gasteiger partial charge in [-0.15, -0.1) is 0 Å². The van der Waals surface area contributed by atoms with Gasteiger partial charge in [0.2, 0.25) is 0 Å². The van der Waals surface area contributed by atoms with Crippen LogP contribution in [0.1, 0.15) is 26.7 Å². The van der Waals surface area contributed by atoms with Gasteiger partial charge in [0.1, 0.15) is 0 Å². The van der Waals surface area contributed by atoms with E-state index < -0.39 is 0 Å². The first-order valence-corrected chi connectivity index (χ1v) is 5.12. The maximum atomic E-state index is 5.69. The second kappa shape index (κ2) is 7.30. The SMILES string of the molecule is CCC(CC)N(C)C(CN)COC. The molecule has 0 radical (unpaired) electrons. The molecule has 0 fully saturated rings. The van der Waals surface area contributed by atoms with Crippen LogP contribution in [0.15, 0.2) is 0 Å². The van der Waals surface area contributed by atoms with Crippen molar-refractivity contribution in [3.8, 4) is 0 Å². The first-order chi connectivity index (χ1) is 6.21. The minimum absolute atomic E-state index is 0.356. The van der Waals surface area contributed by atoms with Crippen LogP contribution in [0.2, 0.25) is 0 Å². The number of methoxy groups -OCH3 is 1. The number of nitrogens with two attached hydrogens (primary N) is 1. The van der Waals surface area contributed by atoms with Crippen LogP contribution in [0.4, 0.5) is 0 Å². The quantitative estimate of drug-likeness (QED) is 0.650. The standard InChI is InChI=1S/C10H24N2O/c1-5-9(6-2)12(3)10(7-11)8-13-4/h9-10H,5-8,11H2,1-4H3. The highest BCUT2D eigenvalue weighted by Crippen LogP contribution is 2.09. The maximum absolute atomic E-state index is 5.69. The molecule has 0 aromatic heterocycles. The summed E-state index contributed by atoms with van der Waals surface area (Å²) in [6.07, 6.45) is 2.35. The molecule has 1 atom stereocenters. The number of nitrogens with zero attached hydrogens (tertiary/aromatic N) is 1. The Bertz CT molecular complexity index is 115. The molecule has 3 nitrogen and oxygen atoms in total. The van der Waals surface area contributed by atoms with Gasteiger partial charge in [-0.25, -0.2) is 0 Å². The molecule has 13 heavy (non-hydrogen) atoms. The molecule has 2 N–H and O–H groups in total. The highest BCUT2D eigenvalue weighted by Gasteiger charge is 2.18. The maximum Gasteiger partial charge on any atom is 0.0630 e. The first-order valence-electron chi connectivity index (χ1n) is 5.12. The van der Waals surface area contributed by atoms with Crippen LogP contribution >= 0.6 is 0 Å². The third-order valence-corrected chi connectivity index (χ3v) is 2.73. The van der Waals surface area contributed by atoms with Crippen LogP contribution in [0.25, 0.3) is 0 Å². The van der Waals surface area contributed by atoms with Crippen molar-refractivity contribution in [2.24, 2.45) is 5.73 Å². The van der Waals surface area contributed by atoms with Crippen LogP contribution in [-0.2, 0) is 4.74 Å². The van der Waals surface area contributed by atoms with Crippen molar-refractivity contribution < 1.29 is 4.74 Å². The minimum atomic E-state index is 0.356. The van der Waals surface area contributed by atoms with E-state index in [1.807, 2.05) is 0 Å². The summed E-state index contributed by atoms with van der Waals surface area (Å²) in [5.74, 6) is 0. The fraction of sp³-hybridized carbons (Fsp3) is 1.00. The van der Waals surface area contributed by atoms with Crippen molar-refractivity contribution in [1.82, 2.24) is 4.90 Å². The summed E-state index contributed by atoms with van der Waals surface area (Å²) < 4.78 is 5.13. The second-order valence-corrected chi connectivity index (χ2v) is 3.48. The normalized spacial score (nSPS) is 14.1. The van der Waals surface area contributed by atoms with Crippen LogP contribution in [-0.4, -0.2) is 44.3 Å². The highest BCUT2D eigenvalue weighted by molar-refractivity contribution is 4.75. The van der Waals surface area contributed by atoms with Crippen LogP contribution in [0.3, 0.4) is 0 Å². The van der Waals surface area contributed by atoms with Gasteiger partial charge in [0.25, 0.3) is 0 Å². The van der Waals surface area contributed by atoms with E-state index in [1.54, 1.807) is 7.11 Å². The largest absolute Gasteiger partial charge is 0.383 e. The van der Waals surface area contributed by atoms with Crippen LogP contribution in [0.5, 0.6) is 0 Å². The lowest BCUT2D eigenvalue weighted by Gasteiger charge is -2.33. The Balaban J connectivity index is 4.07. The summed E-state index contributed by atoms with van der Waals surface area (Å²) in [4.78, 5) is 2.34. The van der Waals surface area contributed by atoms with Gasteiger partial charge < -0.3 is 10.5 Å². The summed E-state index contributed by atoms with van der Waals surface area (Å²) in [6.45, 7) is 5.82. The summed E-state index contributed by atoms with van der Waals surface area (Å²) >= 11 is 0. The average Bonchev–Trinajstić information content (AvgIpc) is 2.15. The molecule has 0 amide bonds. The van der Waals surface area contributed by atoms with Crippen molar-refractivity contribution in [2.45, 2.75) is 38.8 Å². The zero-order valence-corrected chi connectivity index (χ0v) is 9.42. The van der Waals surface area contributed by atoms with E-state index in [-0.39, 0.29) is 0 Å². The lowest BCUT2D eigenvalue weighted by atomic mass is 10.1. The summed E-state index contributed by atoms with van der Waals surface area (Å²) in [5.41, 5.74) is 5.69. The van der Waals surface area contributed by atoms with Crippen molar-refractivity contribution in [3.63, 3.8) is 0 Å². The van der Waals surface area contributed by atoms with E-state index >= 15 is 0 Å². The molecule has 0 aliphatic carbocycles. The third kappa shape index (κ3) is 4.07. The molecule has 80 valence electrons. The van der Waals surface area contributed by atoms with E-state index in [4.69, 9.17) is 10.5 Å². The molecule has 0 saturated heterocycles. The number of ether oxygens (including phenoxy) is 1. The molecular weight excluding hydrogens is 164 g/mol. The molecule has 0 aromatic rings. The molecule has 3 heteroatoms. The van der Waals surface area contributed by atoms with Gasteiger partial charge in [0.15, 0.2) is 0 Å². The van der Waals surface area contributed by atoms with Gasteiger partial charge in [-0.1, -0.05) is 13.8 Å². The molecular formula is C10H24N2O. The molecule has 0 saturated carbocycles. The number of likely N-dealkylation sites (N-methyl/N-ethyl adjacent to an activating group) is 1. The predicted octanol–water partition coefficient (Wildman–Crippen LogP) is 1.08. The van der Waals surface area contributed by atoms with Crippen LogP contribution < -0.4 is 5.73 Å². The average molecular weight is 188 g/mol. The van der Waals surface area contributed by atoms with Gasteiger partial charge >= 0.3 is 0 Å². The van der Waals surface area contributed by atoms with E-state index in [1.165, 1.54) is 12.8 Å². The minimum Gasteiger partial charge on any atom is -0.383 e. The van der Waals surface area contributed by atoms with Gasteiger partial charge in [-0.05, 0) is 19.9 Å². The van der Waals surface area contributed by atoms with E-state index in [2.05, 4.69) is 25.8 Å². The number of hydrogen-bond acceptors (Lipinski definition) is 3. The summed E-state index contributed by atoms with van der Waals surface area (Å²) in [6, 6.07) is 0.985. The van der Waals surface area contributed by atoms with Crippen molar-refractivity contribution in [3.05, 3.63) is 0 Å². The Hall–Kier alpha value is -0.120. The second-order valence-electron chi connectivity index (χ2n) is 3.48. The van der Waals surface area contributed by atoms with E-state index in [9.17, 15) is 0 Å². The molecule has 0 heterocycles. The zero-order chi connectivity index (χ0) is 10.3. The topological polar surface area (TPSA) is 38.5 Å². The van der Waals surface area contributed by atoms with Gasteiger partial charge in [0, 0.05) is 25.7 Å². The predicted molar refractivity (Wildman–Crippen MR) is 56.9 cm³/mol. The van der Waals surface area contributed by atoms with Crippen molar-refractivity contribution in [1.29, 1.82) is 0 Å². The Labute approximate surface area is 82.2 Å². The lowest BCUT2D eigenvalue weighted by molar-refractivity contribution is 0.0810. The van der Waals surface area contributed by atoms with Crippen LogP contribution in [0, 0.1) is 0 Å². The Kier molecular flexibility index (Phi) is 7.23.